The van der Waals surface area contributed by atoms with E-state index in [9.17, 15) is 4.79 Å². The standard InChI is InChI=1S/C18H19N3O2S/c1-20(2)13-6-4-12(5-7-13)17(22)11-21-16-9-8-14(23-3)10-15(16)19-18(21)24/h4-10H,11H2,1-3H3,(H,19,24). The average Bonchev–Trinajstić information content (AvgIpc) is 2.89. The molecule has 0 saturated heterocycles. The summed E-state index contributed by atoms with van der Waals surface area (Å²) >= 11 is 4.40. The van der Waals surface area contributed by atoms with E-state index in [2.05, 4.69) is 17.6 Å². The van der Waals surface area contributed by atoms with E-state index in [0.29, 0.717) is 10.7 Å². The van der Waals surface area contributed by atoms with Crippen molar-refractivity contribution in [3.8, 4) is 5.75 Å². The topological polar surface area (TPSA) is 47.4 Å². The van der Waals surface area contributed by atoms with Crippen LogP contribution in [0.5, 0.6) is 5.75 Å². The number of methoxy groups -OCH3 is 1. The number of benzene rings is 2. The number of fused-ring (bicyclic) bond motifs is 1. The van der Waals surface area contributed by atoms with Crippen LogP contribution in [0.15, 0.2) is 47.6 Å². The molecule has 0 fully saturated rings. The molecule has 3 rings (SSSR count). The Labute approximate surface area is 146 Å². The van der Waals surface area contributed by atoms with Crippen LogP contribution in [-0.4, -0.2) is 36.5 Å². The number of carbonyl (C=O) groups is 1. The third-order valence-electron chi connectivity index (χ3n) is 3.94. The largest absolute Gasteiger partial charge is 0.497 e. The molecule has 0 bridgehead atoms. The minimum Gasteiger partial charge on any atom is -0.497 e. The Bertz CT molecular complexity index is 885. The quantitative estimate of drug-likeness (QED) is 0.571. The third kappa shape index (κ3) is 3.10. The number of thiol groups is 1. The average molecular weight is 341 g/mol. The second kappa shape index (κ2) is 6.57. The van der Waals surface area contributed by atoms with Crippen LogP contribution in [0.25, 0.3) is 11.0 Å². The summed E-state index contributed by atoms with van der Waals surface area (Å²) in [5.74, 6) is 0.747. The smallest absolute Gasteiger partial charge is 0.182 e. The van der Waals surface area contributed by atoms with Gasteiger partial charge in [0, 0.05) is 31.4 Å². The van der Waals surface area contributed by atoms with E-state index in [0.717, 1.165) is 22.5 Å². The van der Waals surface area contributed by atoms with Gasteiger partial charge in [-0.2, -0.15) is 0 Å². The normalized spacial score (nSPS) is 10.8. The molecule has 6 heteroatoms. The monoisotopic (exact) mass is 341 g/mol. The molecule has 0 unspecified atom stereocenters. The number of hydrogen-bond donors (Lipinski definition) is 1. The van der Waals surface area contributed by atoms with Gasteiger partial charge in [0.25, 0.3) is 0 Å². The second-order valence-electron chi connectivity index (χ2n) is 5.72. The van der Waals surface area contributed by atoms with Crippen molar-refractivity contribution < 1.29 is 9.53 Å². The molecule has 0 saturated carbocycles. The highest BCUT2D eigenvalue weighted by Crippen LogP contribution is 2.24. The fourth-order valence-electron chi connectivity index (χ4n) is 2.56. The number of anilines is 1. The zero-order chi connectivity index (χ0) is 17.3. The molecule has 1 aromatic heterocycles. The first-order chi connectivity index (χ1) is 11.5. The van der Waals surface area contributed by atoms with Crippen LogP contribution in [0.3, 0.4) is 0 Å². The van der Waals surface area contributed by atoms with Gasteiger partial charge < -0.3 is 14.2 Å². The van der Waals surface area contributed by atoms with E-state index in [4.69, 9.17) is 4.74 Å². The van der Waals surface area contributed by atoms with Gasteiger partial charge in [0.2, 0.25) is 0 Å². The molecule has 0 N–H and O–H groups in total. The highest BCUT2D eigenvalue weighted by Gasteiger charge is 2.14. The maximum atomic E-state index is 12.6. The van der Waals surface area contributed by atoms with Gasteiger partial charge >= 0.3 is 0 Å². The number of ketones is 1. The van der Waals surface area contributed by atoms with Gasteiger partial charge in [-0.15, -0.1) is 12.6 Å². The van der Waals surface area contributed by atoms with Crippen LogP contribution in [0.1, 0.15) is 10.4 Å². The number of aromatic nitrogens is 2. The third-order valence-corrected chi connectivity index (χ3v) is 4.28. The molecule has 0 aliphatic carbocycles. The maximum Gasteiger partial charge on any atom is 0.182 e. The van der Waals surface area contributed by atoms with E-state index in [1.54, 1.807) is 11.7 Å². The Kier molecular flexibility index (Phi) is 4.49. The van der Waals surface area contributed by atoms with E-state index >= 15 is 0 Å². The van der Waals surface area contributed by atoms with Crippen molar-refractivity contribution in [1.29, 1.82) is 0 Å². The number of Topliss-reactive ketones (excluding diaryl/α,β-unsaturated/α-hetero) is 1. The minimum atomic E-state index is 0.0192. The minimum absolute atomic E-state index is 0.0192. The van der Waals surface area contributed by atoms with Crippen molar-refractivity contribution in [3.63, 3.8) is 0 Å². The summed E-state index contributed by atoms with van der Waals surface area (Å²) in [4.78, 5) is 19.0. The molecule has 1 heterocycles. The van der Waals surface area contributed by atoms with E-state index in [1.165, 1.54) is 0 Å². The van der Waals surface area contributed by atoms with Crippen LogP contribution in [0.4, 0.5) is 5.69 Å². The number of carbonyl (C=O) groups excluding carboxylic acids is 1. The lowest BCUT2D eigenvalue weighted by molar-refractivity contribution is 0.0970. The second-order valence-corrected chi connectivity index (χ2v) is 6.12. The van der Waals surface area contributed by atoms with Crippen LogP contribution >= 0.6 is 12.6 Å². The molecule has 3 aromatic rings. The molecule has 2 aromatic carbocycles. The molecule has 24 heavy (non-hydrogen) atoms. The molecular formula is C18H19N3O2S. The van der Waals surface area contributed by atoms with Crippen LogP contribution in [-0.2, 0) is 6.54 Å². The summed E-state index contributed by atoms with van der Waals surface area (Å²) in [7, 11) is 5.55. The van der Waals surface area contributed by atoms with Crippen molar-refractivity contribution in [2.24, 2.45) is 0 Å². The first-order valence-corrected chi connectivity index (χ1v) is 7.98. The van der Waals surface area contributed by atoms with Crippen molar-refractivity contribution in [1.82, 2.24) is 9.55 Å². The van der Waals surface area contributed by atoms with Crippen LogP contribution in [0, 0.1) is 0 Å². The predicted molar refractivity (Wildman–Crippen MR) is 98.6 cm³/mol. The fourth-order valence-corrected chi connectivity index (χ4v) is 2.85. The van der Waals surface area contributed by atoms with Crippen molar-refractivity contribution in [3.05, 3.63) is 48.0 Å². The fraction of sp³-hybridized carbons (Fsp3) is 0.222. The molecule has 0 atom stereocenters. The maximum absolute atomic E-state index is 12.6. The Balaban J connectivity index is 1.88. The number of hydrogen-bond acceptors (Lipinski definition) is 5. The van der Waals surface area contributed by atoms with Gasteiger partial charge in [0.15, 0.2) is 10.9 Å². The Morgan fingerprint density at radius 2 is 1.92 bits per heavy atom. The first kappa shape index (κ1) is 16.4. The molecule has 0 amide bonds. The van der Waals surface area contributed by atoms with Gasteiger partial charge in [-0.25, -0.2) is 4.98 Å². The Hall–Kier alpha value is -2.47. The van der Waals surface area contributed by atoms with Gasteiger partial charge in [-0.05, 0) is 36.4 Å². The highest BCUT2D eigenvalue weighted by atomic mass is 32.1. The Morgan fingerprint density at radius 3 is 2.54 bits per heavy atom. The molecule has 0 aliphatic rings. The summed E-state index contributed by atoms with van der Waals surface area (Å²) in [6, 6.07) is 13.1. The van der Waals surface area contributed by atoms with Gasteiger partial charge in [-0.3, -0.25) is 4.79 Å². The summed E-state index contributed by atoms with van der Waals surface area (Å²) in [6.45, 7) is 0.197. The summed E-state index contributed by atoms with van der Waals surface area (Å²) < 4.78 is 7.01. The van der Waals surface area contributed by atoms with Crippen molar-refractivity contribution in [2.45, 2.75) is 11.7 Å². The van der Waals surface area contributed by atoms with E-state index in [-0.39, 0.29) is 12.3 Å². The molecule has 0 spiro atoms. The molecular weight excluding hydrogens is 322 g/mol. The summed E-state index contributed by atoms with van der Waals surface area (Å²) in [5.41, 5.74) is 3.35. The molecule has 5 nitrogen and oxygen atoms in total. The number of ether oxygens (including phenoxy) is 1. The first-order valence-electron chi connectivity index (χ1n) is 7.53. The number of imidazole rings is 1. The Morgan fingerprint density at radius 1 is 1.21 bits per heavy atom. The van der Waals surface area contributed by atoms with Gasteiger partial charge in [0.1, 0.15) is 5.75 Å². The molecule has 0 aliphatic heterocycles. The lowest BCUT2D eigenvalue weighted by Gasteiger charge is -2.12. The molecule has 124 valence electrons. The highest BCUT2D eigenvalue weighted by molar-refractivity contribution is 7.80. The van der Waals surface area contributed by atoms with E-state index in [1.807, 2.05) is 61.5 Å². The predicted octanol–water partition coefficient (Wildman–Crippen LogP) is 3.28. The SMILES string of the molecule is COc1ccc2c(c1)nc(S)n2CC(=O)c1ccc(N(C)C)cc1. The molecule has 0 radical (unpaired) electrons. The van der Waals surface area contributed by atoms with Crippen LogP contribution < -0.4 is 9.64 Å². The van der Waals surface area contributed by atoms with Crippen molar-refractivity contribution in [2.75, 3.05) is 26.1 Å². The number of rotatable bonds is 5. The van der Waals surface area contributed by atoms with Crippen molar-refractivity contribution >= 4 is 35.1 Å². The number of nitrogens with zero attached hydrogens (tertiary/aromatic N) is 3. The zero-order valence-electron chi connectivity index (χ0n) is 13.9. The van der Waals surface area contributed by atoms with E-state index < -0.39 is 0 Å². The zero-order valence-corrected chi connectivity index (χ0v) is 14.7. The lowest BCUT2D eigenvalue weighted by atomic mass is 10.1. The lowest BCUT2D eigenvalue weighted by Crippen LogP contribution is -2.12. The summed E-state index contributed by atoms with van der Waals surface area (Å²) in [5, 5.41) is 0.511. The van der Waals surface area contributed by atoms with Gasteiger partial charge in [0.05, 0.1) is 24.7 Å². The van der Waals surface area contributed by atoms with Crippen LogP contribution in [0.2, 0.25) is 0 Å². The summed E-state index contributed by atoms with van der Waals surface area (Å²) in [6.07, 6.45) is 0. The van der Waals surface area contributed by atoms with Gasteiger partial charge in [-0.1, -0.05) is 0 Å².